The van der Waals surface area contributed by atoms with Crippen molar-refractivity contribution in [2.45, 2.75) is 24.8 Å². The highest BCUT2D eigenvalue weighted by Crippen LogP contribution is 2.23. The van der Waals surface area contributed by atoms with Gasteiger partial charge in [0.2, 0.25) is 5.91 Å². The molecule has 30 heavy (non-hydrogen) atoms. The highest BCUT2D eigenvalue weighted by atomic mass is 32.2. The number of hydrogen-bond donors (Lipinski definition) is 2. The van der Waals surface area contributed by atoms with Gasteiger partial charge in [-0.3, -0.25) is 14.5 Å². The first-order valence-corrected chi connectivity index (χ1v) is 10.3. The molecule has 12 heteroatoms. The van der Waals surface area contributed by atoms with Crippen molar-refractivity contribution in [2.75, 3.05) is 5.32 Å². The number of anilines is 1. The van der Waals surface area contributed by atoms with Crippen molar-refractivity contribution in [1.82, 2.24) is 24.9 Å². The van der Waals surface area contributed by atoms with E-state index in [1.54, 1.807) is 25.1 Å². The summed E-state index contributed by atoms with van der Waals surface area (Å²) in [5, 5.41) is 13.6. The lowest BCUT2D eigenvalue weighted by atomic mass is 10.2. The third-order valence-corrected chi connectivity index (χ3v) is 5.84. The molecule has 0 saturated carbocycles. The zero-order chi connectivity index (χ0) is 21.5. The fraction of sp³-hybridized carbons (Fsp3) is 0.167. The van der Waals surface area contributed by atoms with Crippen LogP contribution < -0.4 is 10.0 Å². The van der Waals surface area contributed by atoms with Gasteiger partial charge in [-0.25, -0.2) is 12.8 Å². The van der Waals surface area contributed by atoms with Crippen LogP contribution in [0.5, 0.6) is 0 Å². The second-order valence-electron chi connectivity index (χ2n) is 6.55. The van der Waals surface area contributed by atoms with Gasteiger partial charge in [0.05, 0.1) is 16.3 Å². The largest absolute Gasteiger partial charge is 0.322 e. The summed E-state index contributed by atoms with van der Waals surface area (Å²) in [4.78, 5) is 16.9. The Kier molecular flexibility index (Phi) is 4.78. The Labute approximate surface area is 170 Å². The van der Waals surface area contributed by atoms with Gasteiger partial charge >= 0.3 is 0 Å². The number of sulfonamides is 1. The van der Waals surface area contributed by atoms with Crippen molar-refractivity contribution < 1.29 is 17.6 Å². The van der Waals surface area contributed by atoms with Crippen LogP contribution in [0, 0.1) is 12.7 Å². The number of benzene rings is 2. The number of carbonyl (C=O) groups excluding carboxylic acids is 1. The number of aliphatic imine (C=N–C) groups is 1. The highest BCUT2D eigenvalue weighted by molar-refractivity contribution is 7.90. The summed E-state index contributed by atoms with van der Waals surface area (Å²) in [6.07, 6.45) is 0. The van der Waals surface area contributed by atoms with Crippen molar-refractivity contribution in [2.24, 2.45) is 4.99 Å². The van der Waals surface area contributed by atoms with E-state index in [-0.39, 0.29) is 16.4 Å². The lowest BCUT2D eigenvalue weighted by Crippen LogP contribution is -2.29. The minimum atomic E-state index is -3.72. The van der Waals surface area contributed by atoms with Gasteiger partial charge in [-0.2, -0.15) is 4.68 Å². The molecule has 0 saturated heterocycles. The summed E-state index contributed by atoms with van der Waals surface area (Å²) in [6, 6.07) is 9.37. The van der Waals surface area contributed by atoms with Crippen LogP contribution in [0.3, 0.4) is 0 Å². The quantitative estimate of drug-likeness (QED) is 0.640. The fourth-order valence-corrected chi connectivity index (χ4v) is 4.17. The first-order valence-electron chi connectivity index (χ1n) is 8.82. The number of halogens is 1. The Bertz CT molecular complexity index is 1290. The molecule has 1 atom stereocenters. The molecular formula is C18H16FN7O3S. The topological polar surface area (TPSA) is 131 Å². The summed E-state index contributed by atoms with van der Waals surface area (Å²) in [6.45, 7) is 3.16. The van der Waals surface area contributed by atoms with Crippen molar-refractivity contribution >= 4 is 27.5 Å². The normalized spacial score (nSPS) is 16.7. The lowest BCUT2D eigenvalue weighted by Gasteiger charge is -2.12. The van der Waals surface area contributed by atoms with Gasteiger partial charge in [-0.05, 0) is 54.6 Å². The number of hydrogen-bond acceptors (Lipinski definition) is 7. The molecule has 1 amide bonds. The molecule has 0 radical (unpaired) electrons. The average Bonchev–Trinajstić information content (AvgIpc) is 3.24. The smallest absolute Gasteiger partial charge is 0.263 e. The van der Waals surface area contributed by atoms with Gasteiger partial charge in [0.1, 0.15) is 17.7 Å². The standard InChI is InChI=1S/C18H16FN7O3S/c1-10(20-17-13-5-3-4-6-16(13)30(28,29)23-17)18(27)21-15-9-12(7-8-14(15)19)26-11(2)22-24-25-26/h3-10H,1-2H3,(H,20,23)(H,21,27)/t10-/m0/s1. The number of amides is 1. The van der Waals surface area contributed by atoms with Crippen LogP contribution in [0.25, 0.3) is 5.69 Å². The molecule has 154 valence electrons. The van der Waals surface area contributed by atoms with Crippen molar-refractivity contribution in [3.63, 3.8) is 0 Å². The Morgan fingerprint density at radius 2 is 2.03 bits per heavy atom. The molecule has 2 N–H and O–H groups in total. The van der Waals surface area contributed by atoms with Crippen molar-refractivity contribution in [1.29, 1.82) is 0 Å². The molecule has 2 aromatic carbocycles. The summed E-state index contributed by atoms with van der Waals surface area (Å²) >= 11 is 0. The molecule has 2 heterocycles. The number of amidine groups is 1. The predicted octanol–water partition coefficient (Wildman–Crippen LogP) is 1.18. The Morgan fingerprint density at radius 1 is 1.27 bits per heavy atom. The Morgan fingerprint density at radius 3 is 2.77 bits per heavy atom. The number of rotatable bonds is 4. The molecule has 4 rings (SSSR count). The SMILES string of the molecule is Cc1nnnn1-c1ccc(F)c(NC(=O)[C@H](C)N=C2NS(=O)(=O)c3ccccc32)c1. The molecule has 0 fully saturated rings. The molecule has 0 unspecified atom stereocenters. The van der Waals surface area contributed by atoms with Gasteiger partial charge < -0.3 is 5.32 Å². The van der Waals surface area contributed by atoms with Crippen LogP contribution in [0.1, 0.15) is 18.3 Å². The molecule has 1 aliphatic heterocycles. The third kappa shape index (κ3) is 3.52. The maximum atomic E-state index is 14.2. The third-order valence-electron chi connectivity index (χ3n) is 4.44. The molecule has 0 spiro atoms. The van der Waals surface area contributed by atoms with Gasteiger partial charge in [0.25, 0.3) is 10.0 Å². The van der Waals surface area contributed by atoms with E-state index in [1.165, 1.54) is 35.9 Å². The highest BCUT2D eigenvalue weighted by Gasteiger charge is 2.31. The van der Waals surface area contributed by atoms with Crippen LogP contribution in [0.4, 0.5) is 10.1 Å². The zero-order valence-electron chi connectivity index (χ0n) is 15.9. The van der Waals surface area contributed by atoms with Crippen molar-refractivity contribution in [3.8, 4) is 5.69 Å². The van der Waals surface area contributed by atoms with Gasteiger partial charge in [0, 0.05) is 5.56 Å². The van der Waals surface area contributed by atoms with E-state index >= 15 is 0 Å². The molecule has 3 aromatic rings. The average molecular weight is 429 g/mol. The number of aryl methyl sites for hydroxylation is 1. The summed E-state index contributed by atoms with van der Waals surface area (Å²) < 4.78 is 42.3. The number of carbonyl (C=O) groups is 1. The minimum absolute atomic E-state index is 0.0618. The fourth-order valence-electron chi connectivity index (χ4n) is 2.93. The van der Waals surface area contributed by atoms with E-state index < -0.39 is 27.8 Å². The van der Waals surface area contributed by atoms with E-state index in [0.29, 0.717) is 17.1 Å². The second kappa shape index (κ2) is 7.30. The first kappa shape index (κ1) is 19.6. The summed E-state index contributed by atoms with van der Waals surface area (Å²) in [5.41, 5.74) is 0.761. The maximum Gasteiger partial charge on any atom is 0.263 e. The monoisotopic (exact) mass is 429 g/mol. The Balaban J connectivity index is 1.58. The van der Waals surface area contributed by atoms with Crippen LogP contribution >= 0.6 is 0 Å². The van der Waals surface area contributed by atoms with E-state index in [0.717, 1.165) is 0 Å². The molecule has 0 bridgehead atoms. The van der Waals surface area contributed by atoms with E-state index in [9.17, 15) is 17.6 Å². The second-order valence-corrected chi connectivity index (χ2v) is 8.20. The molecular weight excluding hydrogens is 413 g/mol. The van der Waals surface area contributed by atoms with Crippen LogP contribution in [-0.2, 0) is 14.8 Å². The summed E-state index contributed by atoms with van der Waals surface area (Å²) in [5.74, 6) is -0.710. The lowest BCUT2D eigenvalue weighted by molar-refractivity contribution is -0.117. The van der Waals surface area contributed by atoms with Crippen LogP contribution in [0.2, 0.25) is 0 Å². The van der Waals surface area contributed by atoms with E-state index in [1.807, 2.05) is 0 Å². The molecule has 1 aliphatic rings. The molecule has 0 aliphatic carbocycles. The number of fused-ring (bicyclic) bond motifs is 1. The van der Waals surface area contributed by atoms with Crippen LogP contribution in [0.15, 0.2) is 52.4 Å². The number of nitrogens with zero attached hydrogens (tertiary/aromatic N) is 5. The van der Waals surface area contributed by atoms with Crippen LogP contribution in [-0.4, -0.2) is 46.4 Å². The van der Waals surface area contributed by atoms with Gasteiger partial charge in [-0.1, -0.05) is 12.1 Å². The number of nitrogens with one attached hydrogen (secondary N) is 2. The molecule has 1 aromatic heterocycles. The number of aromatic nitrogens is 4. The van der Waals surface area contributed by atoms with E-state index in [2.05, 4.69) is 30.6 Å². The maximum absolute atomic E-state index is 14.2. The Hall–Kier alpha value is -3.67. The minimum Gasteiger partial charge on any atom is -0.322 e. The van der Waals surface area contributed by atoms with Gasteiger partial charge in [0.15, 0.2) is 5.82 Å². The summed E-state index contributed by atoms with van der Waals surface area (Å²) in [7, 11) is -3.72. The number of tetrazole rings is 1. The van der Waals surface area contributed by atoms with Crippen molar-refractivity contribution in [3.05, 3.63) is 59.7 Å². The van der Waals surface area contributed by atoms with E-state index in [4.69, 9.17) is 0 Å². The van der Waals surface area contributed by atoms with Gasteiger partial charge in [-0.15, -0.1) is 5.10 Å². The zero-order valence-corrected chi connectivity index (χ0v) is 16.7. The first-order chi connectivity index (χ1) is 14.3. The molecule has 10 nitrogen and oxygen atoms in total. The predicted molar refractivity (Wildman–Crippen MR) is 105 cm³/mol.